The van der Waals surface area contributed by atoms with Crippen LogP contribution >= 0.6 is 0 Å². The monoisotopic (exact) mass is 574 g/mol. The summed E-state index contributed by atoms with van der Waals surface area (Å²) < 4.78 is 61.9. The Labute approximate surface area is 249 Å². The van der Waals surface area contributed by atoms with Gasteiger partial charge in [-0.25, -0.2) is 9.59 Å². The van der Waals surface area contributed by atoms with E-state index < -0.39 is 79.1 Å². The quantitative estimate of drug-likeness (QED) is 0.112. The van der Waals surface area contributed by atoms with Crippen LogP contribution in [-0.4, -0.2) is 141 Å². The summed E-state index contributed by atoms with van der Waals surface area (Å²) in [4.78, 5) is 79.4. The van der Waals surface area contributed by atoms with Crippen molar-refractivity contribution in [1.82, 2.24) is 10.1 Å². The van der Waals surface area contributed by atoms with Gasteiger partial charge in [0.1, 0.15) is 0 Å². The third-order valence-electron chi connectivity index (χ3n) is 4.74. The van der Waals surface area contributed by atoms with Crippen LogP contribution in [0.15, 0.2) is 0 Å². The zero-order valence-electron chi connectivity index (χ0n) is 19.3. The van der Waals surface area contributed by atoms with Gasteiger partial charge in [0.2, 0.25) is 0 Å². The number of imide groups is 2. The number of carbonyl (C=O) groups excluding carboxylic acids is 6. The molecule has 2 saturated heterocycles. The van der Waals surface area contributed by atoms with Gasteiger partial charge in [0.25, 0.3) is 43.9 Å². The fraction of sp³-hybridized carbons (Fsp3) is 0.625. The average Bonchev–Trinajstić information content (AvgIpc) is 3.15. The second-order valence-electron chi connectivity index (χ2n) is 7.31. The molecule has 0 spiro atoms. The van der Waals surface area contributed by atoms with Gasteiger partial charge < -0.3 is 9.68 Å². The van der Waals surface area contributed by atoms with Crippen LogP contribution in [0, 0.1) is 0 Å². The molecule has 0 aromatic rings. The summed E-state index contributed by atoms with van der Waals surface area (Å²) in [6, 6.07) is 0. The second kappa shape index (κ2) is 14.3. The van der Waals surface area contributed by atoms with E-state index in [9.17, 15) is 45.6 Å². The number of nitrogens with zero attached hydrogens (tertiary/aromatic N) is 2. The molecule has 0 saturated carbocycles. The van der Waals surface area contributed by atoms with Crippen LogP contribution in [0.5, 0.6) is 0 Å². The van der Waals surface area contributed by atoms with Crippen LogP contribution in [0.4, 0.5) is 0 Å². The van der Waals surface area contributed by atoms with Crippen molar-refractivity contribution in [3.05, 3.63) is 0 Å². The molecule has 4 amide bonds. The van der Waals surface area contributed by atoms with Crippen molar-refractivity contribution < 1.29 is 64.4 Å². The predicted molar refractivity (Wildman–Crippen MR) is 115 cm³/mol. The zero-order valence-corrected chi connectivity index (χ0v) is 24.9. The van der Waals surface area contributed by atoms with Crippen LogP contribution in [0.3, 0.4) is 0 Å². The van der Waals surface area contributed by atoms with E-state index in [1.165, 1.54) is 0 Å². The van der Waals surface area contributed by atoms with Gasteiger partial charge in [-0.05, 0) is 12.8 Å². The van der Waals surface area contributed by atoms with E-state index in [4.69, 9.17) is 9.11 Å². The fourth-order valence-corrected chi connectivity index (χ4v) is 4.42. The molecular formula is C16H20N2Na2O14S2. The standard InChI is InChI=1S/C16H20N2O14S2.2Na/c19-11-7-9(33(25,26)27)15(23)17(11)31-13(21)5-3-1-2-4-6-14(22)32-18-12(20)8-10(16(18)24)34(28,29)30;;/h9-10H,1-8H2,(H,25,26,27)(H,28,29,30);;. The molecule has 2 fully saturated rings. The van der Waals surface area contributed by atoms with E-state index in [0.717, 1.165) is 0 Å². The largest absolute Gasteiger partial charge is 0.333 e. The van der Waals surface area contributed by atoms with Crippen LogP contribution in [0.1, 0.15) is 51.4 Å². The molecule has 2 atom stereocenters. The molecule has 192 valence electrons. The summed E-state index contributed by atoms with van der Waals surface area (Å²) in [6.45, 7) is 0. The normalized spacial score (nSPS) is 20.2. The van der Waals surface area contributed by atoms with Gasteiger partial charge in [-0.15, -0.1) is 10.1 Å². The number of hydroxylamine groups is 4. The van der Waals surface area contributed by atoms with Crippen LogP contribution in [0.25, 0.3) is 0 Å². The van der Waals surface area contributed by atoms with E-state index >= 15 is 0 Å². The molecule has 0 aromatic heterocycles. The molecule has 36 heavy (non-hydrogen) atoms. The van der Waals surface area contributed by atoms with Crippen molar-refractivity contribution in [3.63, 3.8) is 0 Å². The fourth-order valence-electron chi connectivity index (χ4n) is 3.01. The molecule has 2 N–H and O–H groups in total. The first-order chi connectivity index (χ1) is 15.6. The zero-order chi connectivity index (χ0) is 25.8. The summed E-state index contributed by atoms with van der Waals surface area (Å²) in [5.41, 5.74) is 0. The summed E-state index contributed by atoms with van der Waals surface area (Å²) in [6.07, 6.45) is -1.10. The van der Waals surface area contributed by atoms with E-state index in [2.05, 4.69) is 9.68 Å². The summed E-state index contributed by atoms with van der Waals surface area (Å²) in [5, 5.41) is -4.08. The van der Waals surface area contributed by atoms with Gasteiger partial charge in [0, 0.05) is 72.0 Å². The number of rotatable bonds is 11. The van der Waals surface area contributed by atoms with Crippen molar-refractivity contribution >= 4 is 115 Å². The summed E-state index contributed by atoms with van der Waals surface area (Å²) in [5.74, 6) is -6.96. The molecule has 2 radical (unpaired) electrons. The minimum absolute atomic E-state index is 0. The van der Waals surface area contributed by atoms with Crippen molar-refractivity contribution in [1.29, 1.82) is 0 Å². The predicted octanol–water partition coefficient (Wildman–Crippen LogP) is -2.49. The third kappa shape index (κ3) is 9.41. The molecule has 2 aliphatic rings. The first-order valence-corrected chi connectivity index (χ1v) is 12.7. The third-order valence-corrected chi connectivity index (χ3v) is 6.92. The first-order valence-electron chi connectivity index (χ1n) is 9.70. The minimum Gasteiger partial charge on any atom is -0.330 e. The van der Waals surface area contributed by atoms with Gasteiger partial charge in [-0.1, -0.05) is 12.8 Å². The Kier molecular flexibility index (Phi) is 13.9. The van der Waals surface area contributed by atoms with Crippen LogP contribution in [-0.2, 0) is 58.7 Å². The van der Waals surface area contributed by atoms with Crippen LogP contribution in [0.2, 0.25) is 0 Å². The van der Waals surface area contributed by atoms with Crippen LogP contribution < -0.4 is 0 Å². The van der Waals surface area contributed by atoms with E-state index in [0.29, 0.717) is 12.8 Å². The van der Waals surface area contributed by atoms with Crippen molar-refractivity contribution in [2.75, 3.05) is 0 Å². The number of carbonyl (C=O) groups is 6. The Balaban J connectivity index is 0.00000612. The SMILES string of the molecule is O=C(CCCCCCC(=O)ON1C(=O)CC(S(=O)(=O)O)C1=O)ON1C(=O)CC(S(=O)(=O)O)C1=O.[Na].[Na]. The maximum Gasteiger partial charge on any atom is 0.333 e. The topological polar surface area (TPSA) is 236 Å². The van der Waals surface area contributed by atoms with Crippen molar-refractivity contribution in [3.8, 4) is 0 Å². The van der Waals surface area contributed by atoms with Gasteiger partial charge in [0.15, 0.2) is 10.5 Å². The Morgan fingerprint density at radius 2 is 1.00 bits per heavy atom. The molecule has 2 heterocycles. The Bertz CT molecular complexity index is 1040. The Morgan fingerprint density at radius 1 is 0.694 bits per heavy atom. The summed E-state index contributed by atoms with van der Waals surface area (Å²) >= 11 is 0. The first kappa shape index (κ1) is 35.0. The maximum absolute atomic E-state index is 11.8. The molecule has 0 aromatic carbocycles. The molecule has 2 aliphatic heterocycles. The molecule has 16 nitrogen and oxygen atoms in total. The molecule has 2 rings (SSSR count). The number of unbranched alkanes of at least 4 members (excludes halogenated alkanes) is 3. The van der Waals surface area contributed by atoms with Gasteiger partial charge >= 0.3 is 11.9 Å². The molecule has 20 heteroatoms. The van der Waals surface area contributed by atoms with Crippen molar-refractivity contribution in [2.24, 2.45) is 0 Å². The molecule has 0 bridgehead atoms. The summed E-state index contributed by atoms with van der Waals surface area (Å²) in [7, 11) is -9.66. The average molecular weight is 574 g/mol. The number of hydrogen-bond donors (Lipinski definition) is 2. The van der Waals surface area contributed by atoms with Gasteiger partial charge in [-0.3, -0.25) is 28.3 Å². The molecule has 2 unspecified atom stereocenters. The minimum atomic E-state index is -4.83. The maximum atomic E-state index is 11.8. The van der Waals surface area contributed by atoms with E-state index in [1.807, 2.05) is 0 Å². The van der Waals surface area contributed by atoms with Crippen molar-refractivity contribution in [2.45, 2.75) is 61.9 Å². The number of hydrogen-bond acceptors (Lipinski definition) is 12. The Morgan fingerprint density at radius 3 is 1.25 bits per heavy atom. The number of amides is 4. The Hall–Kier alpha value is -0.960. The van der Waals surface area contributed by atoms with Gasteiger partial charge in [0.05, 0.1) is 12.8 Å². The smallest absolute Gasteiger partial charge is 0.330 e. The van der Waals surface area contributed by atoms with E-state index in [-0.39, 0.29) is 94.9 Å². The van der Waals surface area contributed by atoms with Gasteiger partial charge in [-0.2, -0.15) is 16.8 Å². The second-order valence-corrected chi connectivity index (χ2v) is 10.5. The molecular weight excluding hydrogens is 554 g/mol. The van der Waals surface area contributed by atoms with E-state index in [1.54, 1.807) is 0 Å². The molecule has 0 aliphatic carbocycles.